The van der Waals surface area contributed by atoms with Gasteiger partial charge in [-0.15, -0.1) is 6.42 Å². The van der Waals surface area contributed by atoms with Crippen molar-refractivity contribution in [3.05, 3.63) is 0 Å². The maximum atomic E-state index is 10.6. The molecule has 0 aliphatic carbocycles. The number of hydrogen-bond donors (Lipinski definition) is 0. The van der Waals surface area contributed by atoms with Crippen molar-refractivity contribution in [2.45, 2.75) is 64.6 Å². The Bertz CT molecular complexity index is 1010. The first-order chi connectivity index (χ1) is 14.7. The van der Waals surface area contributed by atoms with Gasteiger partial charge in [-0.25, -0.2) is 4.79 Å². The third-order valence-electron chi connectivity index (χ3n) is 4.17. The highest BCUT2D eigenvalue weighted by Crippen LogP contribution is 2.36. The van der Waals surface area contributed by atoms with E-state index < -0.39 is 14.3 Å². The predicted octanol–water partition coefficient (Wildman–Crippen LogP) is 3.77. The van der Waals surface area contributed by atoms with Crippen LogP contribution in [0.15, 0.2) is 0 Å². The van der Waals surface area contributed by atoms with Gasteiger partial charge >= 0.3 is 5.97 Å². The second-order valence-electron chi connectivity index (χ2n) is 7.58. The van der Waals surface area contributed by atoms with Gasteiger partial charge in [-0.1, -0.05) is 50.4 Å². The lowest BCUT2D eigenvalue weighted by Crippen LogP contribution is -2.40. The van der Waals surface area contributed by atoms with Gasteiger partial charge < -0.3 is 9.16 Å². The summed E-state index contributed by atoms with van der Waals surface area (Å²) in [5.41, 5.74) is 0. The van der Waals surface area contributed by atoms with Crippen LogP contribution in [0.4, 0.5) is 0 Å². The number of unbranched alkanes of at least 4 members (excludes halogenated alkanes) is 2. The topological polar surface area (TPSA) is 35.5 Å². The summed E-state index contributed by atoms with van der Waals surface area (Å²) >= 11 is 0. The Balaban J connectivity index is 3.97. The molecule has 3 nitrogen and oxygen atoms in total. The van der Waals surface area contributed by atoms with Crippen molar-refractivity contribution in [3.63, 3.8) is 0 Å². The summed E-state index contributed by atoms with van der Waals surface area (Å²) in [7, 11) is -1.74. The highest BCUT2D eigenvalue weighted by Gasteiger charge is 2.36. The number of hydrogen-bond acceptors (Lipinski definition) is 3. The number of rotatable bonds is 5. The highest BCUT2D eigenvalue weighted by atomic mass is 28.4. The summed E-state index contributed by atoms with van der Waals surface area (Å²) in [6, 6.07) is 0. The molecular weight excluding hydrogens is 400 g/mol. The molecule has 0 bridgehead atoms. The summed E-state index contributed by atoms with van der Waals surface area (Å²) in [6.45, 7) is 11.4. The standard InChI is InChI=1S/C27H28O3Si/c1-7-26(28)29-24-22-20-18-16-14-12-10-8-9-11-13-15-17-19-21-23-25-30-31(5,6)27(2,3)4/h1H,12-15,24-25H2,2-6H3. The summed E-state index contributed by atoms with van der Waals surface area (Å²) in [5.74, 6) is 34.7. The van der Waals surface area contributed by atoms with Gasteiger partial charge in [0.15, 0.2) is 14.9 Å². The van der Waals surface area contributed by atoms with Crippen LogP contribution < -0.4 is 0 Å². The van der Waals surface area contributed by atoms with Crippen molar-refractivity contribution in [2.24, 2.45) is 0 Å². The van der Waals surface area contributed by atoms with Crippen molar-refractivity contribution < 1.29 is 14.0 Å². The molecule has 0 aliphatic rings. The van der Waals surface area contributed by atoms with Gasteiger partial charge in [-0.05, 0) is 59.6 Å². The third kappa shape index (κ3) is 16.1. The summed E-state index contributed by atoms with van der Waals surface area (Å²) in [5, 5.41) is 0.187. The van der Waals surface area contributed by atoms with Crippen LogP contribution in [0.1, 0.15) is 46.5 Å². The fourth-order valence-corrected chi connectivity index (χ4v) is 2.28. The third-order valence-corrected chi connectivity index (χ3v) is 8.65. The molecule has 0 saturated carbocycles. The van der Waals surface area contributed by atoms with Gasteiger partial charge in [0.05, 0.1) is 6.61 Å². The van der Waals surface area contributed by atoms with Crippen LogP contribution in [-0.2, 0) is 14.0 Å². The number of carbonyl (C=O) groups excluding carboxylic acids is 1. The molecule has 0 atom stereocenters. The second kappa shape index (κ2) is 16.4. The van der Waals surface area contributed by atoms with E-state index in [1.165, 1.54) is 0 Å². The molecule has 0 aromatic carbocycles. The van der Waals surface area contributed by atoms with E-state index in [0.29, 0.717) is 32.3 Å². The first kappa shape index (κ1) is 27.6. The van der Waals surface area contributed by atoms with Crippen molar-refractivity contribution in [1.82, 2.24) is 0 Å². The van der Waals surface area contributed by atoms with Crippen molar-refractivity contribution in [3.8, 4) is 83.4 Å². The molecule has 0 saturated heterocycles. The molecule has 0 aromatic rings. The Morgan fingerprint density at radius 3 is 1.52 bits per heavy atom. The molecule has 0 N–H and O–H groups in total. The molecule has 31 heavy (non-hydrogen) atoms. The maximum Gasteiger partial charge on any atom is 0.385 e. The second-order valence-corrected chi connectivity index (χ2v) is 12.4. The molecule has 0 fully saturated rings. The zero-order valence-corrected chi connectivity index (χ0v) is 20.0. The minimum atomic E-state index is -1.74. The minimum Gasteiger partial charge on any atom is -0.443 e. The Labute approximate surface area is 189 Å². The Kier molecular flexibility index (Phi) is 14.6. The zero-order valence-electron chi connectivity index (χ0n) is 19.0. The molecule has 0 amide bonds. The number of carbonyl (C=O) groups is 1. The minimum absolute atomic E-state index is 0.0599. The van der Waals surface area contributed by atoms with Crippen molar-refractivity contribution >= 4 is 14.3 Å². The molecule has 0 aromatic heterocycles. The molecule has 0 heterocycles. The van der Waals surface area contributed by atoms with Crippen molar-refractivity contribution in [2.75, 3.05) is 13.2 Å². The number of esters is 1. The van der Waals surface area contributed by atoms with E-state index in [4.69, 9.17) is 10.8 Å². The van der Waals surface area contributed by atoms with E-state index in [1.54, 1.807) is 0 Å². The van der Waals surface area contributed by atoms with E-state index in [1.807, 2.05) is 5.92 Å². The highest BCUT2D eigenvalue weighted by molar-refractivity contribution is 6.74. The van der Waals surface area contributed by atoms with E-state index >= 15 is 0 Å². The van der Waals surface area contributed by atoms with Crippen LogP contribution in [0.2, 0.25) is 18.1 Å². The van der Waals surface area contributed by atoms with Gasteiger partial charge in [0, 0.05) is 31.6 Å². The molecule has 158 valence electrons. The molecule has 0 radical (unpaired) electrons. The van der Waals surface area contributed by atoms with Crippen LogP contribution in [0.5, 0.6) is 0 Å². The van der Waals surface area contributed by atoms with Crippen LogP contribution in [0.25, 0.3) is 0 Å². The fourth-order valence-electron chi connectivity index (χ4n) is 1.41. The normalized spacial score (nSPS) is 8.90. The van der Waals surface area contributed by atoms with Crippen LogP contribution in [0, 0.1) is 83.4 Å². The smallest absolute Gasteiger partial charge is 0.385 e. The lowest BCUT2D eigenvalue weighted by Gasteiger charge is -2.35. The largest absolute Gasteiger partial charge is 0.443 e. The monoisotopic (exact) mass is 428 g/mol. The number of terminal acetylenes is 1. The van der Waals surface area contributed by atoms with E-state index in [9.17, 15) is 4.79 Å². The Hall–Kier alpha value is -3.43. The molecule has 0 spiro atoms. The first-order valence-corrected chi connectivity index (χ1v) is 12.8. The number of ether oxygens (including phenoxy) is 1. The van der Waals surface area contributed by atoms with E-state index in [2.05, 4.69) is 110 Å². The Morgan fingerprint density at radius 2 is 1.13 bits per heavy atom. The summed E-state index contributed by atoms with van der Waals surface area (Å²) in [6.07, 6.45) is 7.36. The lowest BCUT2D eigenvalue weighted by atomic mass is 10.2. The van der Waals surface area contributed by atoms with Gasteiger partial charge in [-0.3, -0.25) is 0 Å². The van der Waals surface area contributed by atoms with Gasteiger partial charge in [0.2, 0.25) is 0 Å². The maximum absolute atomic E-state index is 10.6. The molecular formula is C27H28O3Si. The Morgan fingerprint density at radius 1 is 0.742 bits per heavy atom. The van der Waals surface area contributed by atoms with Crippen LogP contribution >= 0.6 is 0 Å². The van der Waals surface area contributed by atoms with Crippen LogP contribution in [-0.4, -0.2) is 27.5 Å². The van der Waals surface area contributed by atoms with Gasteiger partial charge in [0.1, 0.15) is 0 Å². The van der Waals surface area contributed by atoms with Crippen LogP contribution in [0.3, 0.4) is 0 Å². The fraction of sp³-hybridized carbons (Fsp3) is 0.444. The molecule has 4 heteroatoms. The average molecular weight is 429 g/mol. The van der Waals surface area contributed by atoms with E-state index in [-0.39, 0.29) is 11.6 Å². The summed E-state index contributed by atoms with van der Waals surface area (Å²) in [4.78, 5) is 10.6. The quantitative estimate of drug-likeness (QED) is 0.220. The summed E-state index contributed by atoms with van der Waals surface area (Å²) < 4.78 is 10.5. The SMILES string of the molecule is C#CC(=O)OCC#CC#CCCC#CC#CCCC#CC#CCO[Si](C)(C)C(C)(C)C. The lowest BCUT2D eigenvalue weighted by molar-refractivity contribution is -0.135. The van der Waals surface area contributed by atoms with Crippen molar-refractivity contribution in [1.29, 1.82) is 0 Å². The first-order valence-electron chi connectivity index (χ1n) is 9.85. The molecule has 0 rings (SSSR count). The zero-order chi connectivity index (χ0) is 23.4. The molecule has 0 aliphatic heterocycles. The van der Waals surface area contributed by atoms with Gasteiger partial charge in [-0.2, -0.15) is 0 Å². The van der Waals surface area contributed by atoms with E-state index in [0.717, 1.165) is 0 Å². The molecule has 0 unspecified atom stereocenters. The van der Waals surface area contributed by atoms with Gasteiger partial charge in [0.25, 0.3) is 0 Å². The predicted molar refractivity (Wildman–Crippen MR) is 128 cm³/mol. The average Bonchev–Trinajstić information content (AvgIpc) is 2.71.